The lowest BCUT2D eigenvalue weighted by Crippen LogP contribution is -2.19. The van der Waals surface area contributed by atoms with Crippen LogP contribution < -0.4 is 10.6 Å². The number of thiocarbonyl (C=S) groups is 1. The molecular formula is C13H8Br2Cl2N2S. The molecule has 0 aliphatic carbocycles. The summed E-state index contributed by atoms with van der Waals surface area (Å²) >= 11 is 24.1. The molecule has 0 fully saturated rings. The monoisotopic (exact) mass is 452 g/mol. The van der Waals surface area contributed by atoms with Crippen LogP contribution in [0.15, 0.2) is 45.3 Å². The first-order valence-corrected chi connectivity index (χ1v) is 8.19. The van der Waals surface area contributed by atoms with E-state index in [0.29, 0.717) is 20.8 Å². The predicted molar refractivity (Wildman–Crippen MR) is 98.1 cm³/mol. The topological polar surface area (TPSA) is 24.1 Å². The summed E-state index contributed by atoms with van der Waals surface area (Å²) in [5, 5.41) is 7.66. The molecule has 0 heterocycles. The Bertz CT molecular complexity index is 665. The Hall–Kier alpha value is -0.330. The quantitative estimate of drug-likeness (QED) is 0.518. The summed E-state index contributed by atoms with van der Waals surface area (Å²) in [6.45, 7) is 0. The number of rotatable bonds is 2. The molecule has 0 saturated carbocycles. The molecule has 20 heavy (non-hydrogen) atoms. The van der Waals surface area contributed by atoms with Gasteiger partial charge in [-0.25, -0.2) is 0 Å². The summed E-state index contributed by atoms with van der Waals surface area (Å²) in [4.78, 5) is 0. The second-order valence-corrected chi connectivity index (χ2v) is 6.85. The van der Waals surface area contributed by atoms with Crippen molar-refractivity contribution in [3.05, 3.63) is 55.4 Å². The molecule has 2 nitrogen and oxygen atoms in total. The molecule has 104 valence electrons. The molecule has 0 aromatic heterocycles. The number of benzene rings is 2. The van der Waals surface area contributed by atoms with Gasteiger partial charge in [-0.15, -0.1) is 0 Å². The van der Waals surface area contributed by atoms with Crippen molar-refractivity contribution in [3.8, 4) is 0 Å². The van der Waals surface area contributed by atoms with Gasteiger partial charge in [0.15, 0.2) is 5.11 Å². The molecule has 0 aliphatic rings. The van der Waals surface area contributed by atoms with E-state index in [2.05, 4.69) is 42.5 Å². The molecule has 2 aromatic carbocycles. The van der Waals surface area contributed by atoms with Crippen LogP contribution in [0, 0.1) is 0 Å². The summed E-state index contributed by atoms with van der Waals surface area (Å²) in [6.07, 6.45) is 0. The predicted octanol–water partition coefficient (Wildman–Crippen LogP) is 6.33. The van der Waals surface area contributed by atoms with E-state index in [1.807, 2.05) is 18.2 Å². The Morgan fingerprint density at radius 3 is 2.35 bits per heavy atom. The highest BCUT2D eigenvalue weighted by Crippen LogP contribution is 2.28. The second kappa shape index (κ2) is 7.09. The van der Waals surface area contributed by atoms with E-state index in [1.54, 1.807) is 18.2 Å². The molecule has 2 rings (SSSR count). The number of hydrogen-bond donors (Lipinski definition) is 2. The SMILES string of the molecule is S=C(Nc1cc(Cl)ccc1Cl)Nc1ccc(Br)cc1Br. The Morgan fingerprint density at radius 1 is 0.950 bits per heavy atom. The molecule has 0 aliphatic heterocycles. The minimum atomic E-state index is 0.428. The largest absolute Gasteiger partial charge is 0.332 e. The smallest absolute Gasteiger partial charge is 0.175 e. The van der Waals surface area contributed by atoms with Crippen molar-refractivity contribution < 1.29 is 0 Å². The van der Waals surface area contributed by atoms with E-state index in [9.17, 15) is 0 Å². The third kappa shape index (κ3) is 4.33. The number of anilines is 2. The van der Waals surface area contributed by atoms with Gasteiger partial charge < -0.3 is 10.6 Å². The first kappa shape index (κ1) is 16.0. The lowest BCUT2D eigenvalue weighted by Gasteiger charge is -2.13. The van der Waals surface area contributed by atoms with Crippen LogP contribution in [-0.4, -0.2) is 5.11 Å². The Labute approximate surface area is 149 Å². The van der Waals surface area contributed by atoms with Gasteiger partial charge >= 0.3 is 0 Å². The van der Waals surface area contributed by atoms with Crippen molar-refractivity contribution in [2.24, 2.45) is 0 Å². The van der Waals surface area contributed by atoms with Gasteiger partial charge in [0, 0.05) is 14.0 Å². The first-order valence-electron chi connectivity index (χ1n) is 5.44. The van der Waals surface area contributed by atoms with Gasteiger partial charge in [0.1, 0.15) is 0 Å². The van der Waals surface area contributed by atoms with E-state index >= 15 is 0 Å². The molecule has 0 amide bonds. The van der Waals surface area contributed by atoms with E-state index in [0.717, 1.165) is 14.6 Å². The number of nitrogens with one attached hydrogen (secondary N) is 2. The van der Waals surface area contributed by atoms with Gasteiger partial charge in [0.25, 0.3) is 0 Å². The van der Waals surface area contributed by atoms with E-state index in [1.165, 1.54) is 0 Å². The maximum atomic E-state index is 6.07. The molecule has 2 N–H and O–H groups in total. The normalized spacial score (nSPS) is 10.2. The molecule has 7 heteroatoms. The van der Waals surface area contributed by atoms with Crippen molar-refractivity contribution in [1.29, 1.82) is 0 Å². The van der Waals surface area contributed by atoms with Crippen LogP contribution in [0.4, 0.5) is 11.4 Å². The van der Waals surface area contributed by atoms with E-state index in [-0.39, 0.29) is 0 Å². The zero-order chi connectivity index (χ0) is 14.7. The molecule has 0 spiro atoms. The zero-order valence-corrected chi connectivity index (χ0v) is 15.4. The highest BCUT2D eigenvalue weighted by atomic mass is 79.9. The van der Waals surface area contributed by atoms with Crippen LogP contribution in [0.2, 0.25) is 10.0 Å². The average Bonchev–Trinajstić information content (AvgIpc) is 2.37. The third-order valence-corrected chi connectivity index (χ3v) is 4.27. The molecule has 2 aromatic rings. The molecule has 0 radical (unpaired) electrons. The van der Waals surface area contributed by atoms with Crippen molar-refractivity contribution in [2.75, 3.05) is 10.6 Å². The summed E-state index contributed by atoms with van der Waals surface area (Å²) in [7, 11) is 0. The van der Waals surface area contributed by atoms with Gasteiger partial charge in [-0.3, -0.25) is 0 Å². The van der Waals surface area contributed by atoms with Gasteiger partial charge in [-0.05, 0) is 64.5 Å². The van der Waals surface area contributed by atoms with Crippen LogP contribution in [0.1, 0.15) is 0 Å². The summed E-state index contributed by atoms with van der Waals surface area (Å²) < 4.78 is 1.87. The van der Waals surface area contributed by atoms with Crippen LogP contribution >= 0.6 is 67.3 Å². The van der Waals surface area contributed by atoms with Crippen LogP contribution in [0.25, 0.3) is 0 Å². The highest BCUT2D eigenvalue weighted by molar-refractivity contribution is 9.11. The van der Waals surface area contributed by atoms with Crippen molar-refractivity contribution in [3.63, 3.8) is 0 Å². The van der Waals surface area contributed by atoms with Gasteiger partial charge in [-0.1, -0.05) is 39.1 Å². The molecular weight excluding hydrogens is 447 g/mol. The lowest BCUT2D eigenvalue weighted by molar-refractivity contribution is 1.55. The van der Waals surface area contributed by atoms with Gasteiger partial charge in [0.2, 0.25) is 0 Å². The maximum absolute atomic E-state index is 6.07. The molecule has 0 saturated heterocycles. The Kier molecular flexibility index (Phi) is 5.69. The van der Waals surface area contributed by atoms with Crippen molar-refractivity contribution in [1.82, 2.24) is 0 Å². The Morgan fingerprint density at radius 2 is 1.65 bits per heavy atom. The molecule has 0 bridgehead atoms. The first-order chi connectivity index (χ1) is 9.45. The van der Waals surface area contributed by atoms with Crippen LogP contribution in [0.5, 0.6) is 0 Å². The fourth-order valence-electron chi connectivity index (χ4n) is 1.46. The maximum Gasteiger partial charge on any atom is 0.175 e. The average molecular weight is 455 g/mol. The second-order valence-electron chi connectivity index (χ2n) is 3.83. The number of halogens is 4. The Balaban J connectivity index is 2.11. The van der Waals surface area contributed by atoms with Gasteiger partial charge in [0.05, 0.1) is 16.4 Å². The fourth-order valence-corrected chi connectivity index (χ4v) is 3.16. The summed E-state index contributed by atoms with van der Waals surface area (Å²) in [6, 6.07) is 10.9. The van der Waals surface area contributed by atoms with Crippen LogP contribution in [0.3, 0.4) is 0 Å². The lowest BCUT2D eigenvalue weighted by atomic mass is 10.3. The standard InChI is InChI=1S/C13H8Br2Cl2N2S/c14-7-1-4-11(9(15)5-7)18-13(20)19-12-6-8(16)2-3-10(12)17/h1-6H,(H2,18,19,20). The molecule has 0 unspecified atom stereocenters. The summed E-state index contributed by atoms with van der Waals surface area (Å²) in [5.74, 6) is 0. The minimum Gasteiger partial charge on any atom is -0.332 e. The number of hydrogen-bond acceptors (Lipinski definition) is 1. The summed E-state index contributed by atoms with van der Waals surface area (Å²) in [5.41, 5.74) is 1.51. The highest BCUT2D eigenvalue weighted by Gasteiger charge is 2.06. The van der Waals surface area contributed by atoms with Crippen molar-refractivity contribution in [2.45, 2.75) is 0 Å². The minimum absolute atomic E-state index is 0.428. The molecule has 0 atom stereocenters. The van der Waals surface area contributed by atoms with Gasteiger partial charge in [-0.2, -0.15) is 0 Å². The fraction of sp³-hybridized carbons (Fsp3) is 0. The van der Waals surface area contributed by atoms with Crippen LogP contribution in [-0.2, 0) is 0 Å². The van der Waals surface area contributed by atoms with E-state index in [4.69, 9.17) is 35.4 Å². The van der Waals surface area contributed by atoms with Crippen molar-refractivity contribution >= 4 is 83.8 Å². The third-order valence-electron chi connectivity index (χ3n) is 2.36. The zero-order valence-electron chi connectivity index (χ0n) is 9.88. The van der Waals surface area contributed by atoms with E-state index < -0.39 is 0 Å².